The monoisotopic (exact) mass is 201 g/mol. The van der Waals surface area contributed by atoms with E-state index in [1.54, 1.807) is 0 Å². The van der Waals surface area contributed by atoms with E-state index < -0.39 is 6.10 Å². The van der Waals surface area contributed by atoms with E-state index in [4.69, 9.17) is 5.73 Å². The topological polar surface area (TPSA) is 46.2 Å². The van der Waals surface area contributed by atoms with Gasteiger partial charge in [0.15, 0.2) is 0 Å². The van der Waals surface area contributed by atoms with Crippen LogP contribution in [0.15, 0.2) is 42.5 Å². The minimum atomic E-state index is -0.601. The van der Waals surface area contributed by atoms with Gasteiger partial charge in [-0.25, -0.2) is 0 Å². The first-order chi connectivity index (χ1) is 7.20. The molecule has 0 bridgehead atoms. The van der Waals surface area contributed by atoms with Crippen molar-refractivity contribution in [1.82, 2.24) is 0 Å². The second-order valence-corrected chi connectivity index (χ2v) is 3.87. The van der Waals surface area contributed by atoms with Crippen LogP contribution in [0.2, 0.25) is 0 Å². The smallest absolute Gasteiger partial charge is 0.0944 e. The van der Waals surface area contributed by atoms with E-state index in [-0.39, 0.29) is 6.04 Å². The number of aliphatic hydroxyl groups is 1. The highest BCUT2D eigenvalue weighted by Crippen LogP contribution is 2.25. The van der Waals surface area contributed by atoms with Crippen LogP contribution in [0.4, 0.5) is 0 Å². The molecule has 2 nitrogen and oxygen atoms in total. The quantitative estimate of drug-likeness (QED) is 0.782. The maximum absolute atomic E-state index is 9.97. The van der Waals surface area contributed by atoms with Gasteiger partial charge in [0.1, 0.15) is 0 Å². The van der Waals surface area contributed by atoms with Crippen molar-refractivity contribution in [3.63, 3.8) is 0 Å². The fourth-order valence-corrected chi connectivity index (χ4v) is 1.79. The van der Waals surface area contributed by atoms with E-state index in [0.29, 0.717) is 0 Å². The van der Waals surface area contributed by atoms with Gasteiger partial charge >= 0.3 is 0 Å². The summed E-state index contributed by atoms with van der Waals surface area (Å²) in [6.45, 7) is 1.81. The molecule has 0 aliphatic carbocycles. The van der Waals surface area contributed by atoms with E-state index in [0.717, 1.165) is 16.3 Å². The van der Waals surface area contributed by atoms with Gasteiger partial charge in [-0.3, -0.25) is 0 Å². The van der Waals surface area contributed by atoms with Crippen molar-refractivity contribution >= 4 is 10.8 Å². The molecular formula is C13H15NO. The van der Waals surface area contributed by atoms with Gasteiger partial charge in [-0.05, 0) is 23.3 Å². The number of nitrogens with two attached hydrogens (primary N) is 1. The number of benzene rings is 2. The summed E-state index contributed by atoms with van der Waals surface area (Å²) in [7, 11) is 0. The summed E-state index contributed by atoms with van der Waals surface area (Å²) >= 11 is 0. The SMILES string of the molecule is C[C@H](N)C(O)c1cccc2ccccc12. The minimum absolute atomic E-state index is 0.254. The molecule has 0 aliphatic rings. The molecule has 2 atom stereocenters. The summed E-state index contributed by atoms with van der Waals surface area (Å²) < 4.78 is 0. The molecule has 0 saturated carbocycles. The average molecular weight is 201 g/mol. The number of rotatable bonds is 2. The van der Waals surface area contributed by atoms with Crippen LogP contribution >= 0.6 is 0 Å². The van der Waals surface area contributed by atoms with E-state index in [9.17, 15) is 5.11 Å². The zero-order valence-electron chi connectivity index (χ0n) is 8.72. The molecule has 78 valence electrons. The van der Waals surface area contributed by atoms with Crippen LogP contribution in [0.1, 0.15) is 18.6 Å². The molecule has 15 heavy (non-hydrogen) atoms. The normalized spacial score (nSPS) is 15.1. The van der Waals surface area contributed by atoms with Crippen molar-refractivity contribution in [3.05, 3.63) is 48.0 Å². The third-order valence-corrected chi connectivity index (χ3v) is 2.64. The molecule has 3 N–H and O–H groups in total. The number of fused-ring (bicyclic) bond motifs is 1. The minimum Gasteiger partial charge on any atom is -0.387 e. The van der Waals surface area contributed by atoms with Crippen LogP contribution in [-0.4, -0.2) is 11.1 Å². The summed E-state index contributed by atoms with van der Waals surface area (Å²) in [6, 6.07) is 13.7. The molecule has 0 heterocycles. The molecule has 0 radical (unpaired) electrons. The summed E-state index contributed by atoms with van der Waals surface area (Å²) in [5.74, 6) is 0. The number of hydrogen-bond acceptors (Lipinski definition) is 2. The number of hydrogen-bond donors (Lipinski definition) is 2. The van der Waals surface area contributed by atoms with Crippen LogP contribution < -0.4 is 5.73 Å². The Labute approximate surface area is 89.3 Å². The Morgan fingerprint density at radius 2 is 1.73 bits per heavy atom. The third kappa shape index (κ3) is 1.87. The molecule has 0 saturated heterocycles. The molecule has 2 heteroatoms. The van der Waals surface area contributed by atoms with Crippen LogP contribution in [0.3, 0.4) is 0 Å². The maximum Gasteiger partial charge on any atom is 0.0944 e. The zero-order chi connectivity index (χ0) is 10.8. The lowest BCUT2D eigenvalue weighted by Gasteiger charge is -2.16. The Balaban J connectivity index is 2.60. The molecular weight excluding hydrogens is 186 g/mol. The Kier molecular flexibility index (Phi) is 2.71. The zero-order valence-corrected chi connectivity index (χ0v) is 8.72. The van der Waals surface area contributed by atoms with Crippen molar-refractivity contribution in [2.75, 3.05) is 0 Å². The lowest BCUT2D eigenvalue weighted by molar-refractivity contribution is 0.155. The molecule has 0 spiro atoms. The van der Waals surface area contributed by atoms with Crippen molar-refractivity contribution in [2.45, 2.75) is 19.1 Å². The van der Waals surface area contributed by atoms with E-state index >= 15 is 0 Å². The van der Waals surface area contributed by atoms with Crippen LogP contribution in [0.5, 0.6) is 0 Å². The van der Waals surface area contributed by atoms with Gasteiger partial charge in [-0.1, -0.05) is 42.5 Å². The first-order valence-electron chi connectivity index (χ1n) is 5.11. The fraction of sp³-hybridized carbons (Fsp3) is 0.231. The highest BCUT2D eigenvalue weighted by atomic mass is 16.3. The second kappa shape index (κ2) is 4.01. The second-order valence-electron chi connectivity index (χ2n) is 3.87. The molecule has 2 aromatic rings. The average Bonchev–Trinajstić information content (AvgIpc) is 2.27. The summed E-state index contributed by atoms with van der Waals surface area (Å²) in [5, 5.41) is 12.2. The predicted molar refractivity (Wildman–Crippen MR) is 62.6 cm³/mol. The summed E-state index contributed by atoms with van der Waals surface area (Å²) in [4.78, 5) is 0. The van der Waals surface area contributed by atoms with Crippen LogP contribution in [0, 0.1) is 0 Å². The van der Waals surface area contributed by atoms with Gasteiger partial charge in [0, 0.05) is 6.04 Å². The summed E-state index contributed by atoms with van der Waals surface area (Å²) in [5.41, 5.74) is 6.61. The van der Waals surface area contributed by atoms with Gasteiger partial charge in [0.05, 0.1) is 6.10 Å². The number of aliphatic hydroxyl groups excluding tert-OH is 1. The van der Waals surface area contributed by atoms with Crippen molar-refractivity contribution in [1.29, 1.82) is 0 Å². The van der Waals surface area contributed by atoms with Gasteiger partial charge in [-0.15, -0.1) is 0 Å². The van der Waals surface area contributed by atoms with E-state index in [1.165, 1.54) is 0 Å². The first kappa shape index (κ1) is 10.1. The Hall–Kier alpha value is -1.38. The fourth-order valence-electron chi connectivity index (χ4n) is 1.79. The highest BCUT2D eigenvalue weighted by molar-refractivity contribution is 5.86. The molecule has 0 fully saturated rings. The highest BCUT2D eigenvalue weighted by Gasteiger charge is 2.14. The van der Waals surface area contributed by atoms with Gasteiger partial charge < -0.3 is 10.8 Å². The van der Waals surface area contributed by atoms with Crippen molar-refractivity contribution < 1.29 is 5.11 Å². The van der Waals surface area contributed by atoms with Gasteiger partial charge in [0.2, 0.25) is 0 Å². The van der Waals surface area contributed by atoms with Gasteiger partial charge in [0.25, 0.3) is 0 Å². The lowest BCUT2D eigenvalue weighted by Crippen LogP contribution is -2.24. The Bertz CT molecular complexity index is 460. The molecule has 2 aromatic carbocycles. The van der Waals surface area contributed by atoms with Crippen LogP contribution in [-0.2, 0) is 0 Å². The maximum atomic E-state index is 9.97. The largest absolute Gasteiger partial charge is 0.387 e. The van der Waals surface area contributed by atoms with E-state index in [1.807, 2.05) is 49.4 Å². The van der Waals surface area contributed by atoms with Crippen molar-refractivity contribution in [2.24, 2.45) is 5.73 Å². The van der Waals surface area contributed by atoms with Crippen LogP contribution in [0.25, 0.3) is 10.8 Å². The van der Waals surface area contributed by atoms with E-state index in [2.05, 4.69) is 0 Å². The first-order valence-corrected chi connectivity index (χ1v) is 5.11. The standard InChI is InChI=1S/C13H15NO/c1-9(14)13(15)12-8-4-6-10-5-2-3-7-11(10)12/h2-9,13,15H,14H2,1H3/t9-,13?/m0/s1. The molecule has 0 amide bonds. The Morgan fingerprint density at radius 1 is 1.07 bits per heavy atom. The lowest BCUT2D eigenvalue weighted by atomic mass is 9.97. The third-order valence-electron chi connectivity index (χ3n) is 2.64. The molecule has 2 rings (SSSR count). The van der Waals surface area contributed by atoms with Gasteiger partial charge in [-0.2, -0.15) is 0 Å². The predicted octanol–water partition coefficient (Wildman–Crippen LogP) is 2.22. The Morgan fingerprint density at radius 3 is 2.47 bits per heavy atom. The van der Waals surface area contributed by atoms with Crippen molar-refractivity contribution in [3.8, 4) is 0 Å². The summed E-state index contributed by atoms with van der Waals surface area (Å²) in [6.07, 6.45) is -0.601. The molecule has 1 unspecified atom stereocenters. The molecule has 0 aliphatic heterocycles. The molecule has 0 aromatic heterocycles.